The average Bonchev–Trinajstić information content (AvgIpc) is 3.13. The highest BCUT2D eigenvalue weighted by Gasteiger charge is 2.19. The van der Waals surface area contributed by atoms with Gasteiger partial charge in [0, 0.05) is 58.9 Å². The summed E-state index contributed by atoms with van der Waals surface area (Å²) in [6.07, 6.45) is 0.131. The molecule has 3 heterocycles. The molecular weight excluding hydrogens is 414 g/mol. The van der Waals surface area contributed by atoms with Gasteiger partial charge in [-0.2, -0.15) is 11.8 Å². The third-order valence-corrected chi connectivity index (χ3v) is 6.53. The first-order valence-electron chi connectivity index (χ1n) is 10.2. The molecular formula is C22H25N5O3S. The molecule has 0 bridgehead atoms. The highest BCUT2D eigenvalue weighted by Crippen LogP contribution is 2.21. The van der Waals surface area contributed by atoms with Crippen molar-refractivity contribution in [3.8, 4) is 0 Å². The number of aromatic amines is 1. The molecule has 1 saturated heterocycles. The average molecular weight is 440 g/mol. The molecule has 8 nitrogen and oxygen atoms in total. The largest absolute Gasteiger partial charge is 0.337 e. The van der Waals surface area contributed by atoms with E-state index in [0.29, 0.717) is 22.6 Å². The lowest BCUT2D eigenvalue weighted by Crippen LogP contribution is -2.37. The van der Waals surface area contributed by atoms with Crippen molar-refractivity contribution in [1.82, 2.24) is 19.5 Å². The molecule has 0 aliphatic carbocycles. The summed E-state index contributed by atoms with van der Waals surface area (Å²) in [5.41, 5.74) is 4.71. The predicted octanol–water partition coefficient (Wildman–Crippen LogP) is 2.32. The Bertz CT molecular complexity index is 1220. The molecule has 162 valence electrons. The number of rotatable bonds is 4. The van der Waals surface area contributed by atoms with Crippen molar-refractivity contribution in [1.29, 1.82) is 0 Å². The fourth-order valence-electron chi connectivity index (χ4n) is 3.85. The number of amides is 2. The van der Waals surface area contributed by atoms with E-state index in [0.717, 1.165) is 41.4 Å². The van der Waals surface area contributed by atoms with Crippen LogP contribution in [0.15, 0.2) is 29.1 Å². The molecule has 0 atom stereocenters. The second-order valence-corrected chi connectivity index (χ2v) is 8.96. The lowest BCUT2D eigenvalue weighted by Gasteiger charge is -2.26. The quantitative estimate of drug-likeness (QED) is 0.650. The number of hydrogen-bond acceptors (Lipinski definition) is 5. The number of nitrogens with zero attached hydrogens (tertiary/aromatic N) is 3. The zero-order valence-corrected chi connectivity index (χ0v) is 18.6. The zero-order valence-electron chi connectivity index (χ0n) is 17.8. The summed E-state index contributed by atoms with van der Waals surface area (Å²) < 4.78 is 1.60. The van der Waals surface area contributed by atoms with Gasteiger partial charge in [-0.1, -0.05) is 0 Å². The Morgan fingerprint density at radius 2 is 1.90 bits per heavy atom. The van der Waals surface area contributed by atoms with Crippen molar-refractivity contribution in [3.63, 3.8) is 0 Å². The summed E-state index contributed by atoms with van der Waals surface area (Å²) in [6.45, 7) is 7.10. The van der Waals surface area contributed by atoms with Gasteiger partial charge >= 0.3 is 0 Å². The van der Waals surface area contributed by atoms with Crippen LogP contribution in [-0.2, 0) is 11.2 Å². The van der Waals surface area contributed by atoms with E-state index in [1.165, 1.54) is 6.07 Å². The number of fused-ring (bicyclic) bond motifs is 1. The minimum absolute atomic E-state index is 0.0348. The first-order valence-corrected chi connectivity index (χ1v) is 11.3. The van der Waals surface area contributed by atoms with Crippen molar-refractivity contribution >= 4 is 34.9 Å². The predicted molar refractivity (Wildman–Crippen MR) is 122 cm³/mol. The Balaban J connectivity index is 1.49. The number of carbonyl (C=O) groups excluding carboxylic acids is 2. The lowest BCUT2D eigenvalue weighted by atomic mass is 10.1. The maximum Gasteiger partial charge on any atom is 0.266 e. The zero-order chi connectivity index (χ0) is 22.1. The number of benzene rings is 1. The molecule has 1 aromatic carbocycles. The molecule has 3 aromatic rings. The highest BCUT2D eigenvalue weighted by atomic mass is 32.2. The first-order chi connectivity index (χ1) is 14.8. The van der Waals surface area contributed by atoms with Crippen molar-refractivity contribution in [3.05, 3.63) is 62.7 Å². The highest BCUT2D eigenvalue weighted by molar-refractivity contribution is 7.99. The van der Waals surface area contributed by atoms with E-state index in [4.69, 9.17) is 0 Å². The van der Waals surface area contributed by atoms with Crippen LogP contribution < -0.4 is 10.9 Å². The van der Waals surface area contributed by atoms with Crippen molar-refractivity contribution in [2.75, 3.05) is 29.9 Å². The smallest absolute Gasteiger partial charge is 0.266 e. The van der Waals surface area contributed by atoms with Gasteiger partial charge in [0.05, 0.1) is 6.42 Å². The molecule has 1 fully saturated rings. The van der Waals surface area contributed by atoms with E-state index >= 15 is 0 Å². The Hall–Kier alpha value is -3.07. The normalized spacial score (nSPS) is 14.1. The third kappa shape index (κ3) is 4.36. The minimum atomic E-state index is -0.231. The molecule has 0 saturated carbocycles. The second-order valence-electron chi connectivity index (χ2n) is 7.73. The number of thioether (sulfide) groups is 1. The molecule has 2 aromatic heterocycles. The molecule has 2 amide bonds. The van der Waals surface area contributed by atoms with Crippen LogP contribution in [0.3, 0.4) is 0 Å². The summed E-state index contributed by atoms with van der Waals surface area (Å²) >= 11 is 1.86. The van der Waals surface area contributed by atoms with E-state index in [9.17, 15) is 14.4 Å². The molecule has 1 aliphatic rings. The number of anilines is 1. The van der Waals surface area contributed by atoms with Gasteiger partial charge in [0.25, 0.3) is 11.5 Å². The number of H-pyrrole nitrogens is 1. The van der Waals surface area contributed by atoms with Crippen LogP contribution in [0.5, 0.6) is 0 Å². The number of hydrogen-bond donors (Lipinski definition) is 2. The van der Waals surface area contributed by atoms with Crippen LogP contribution in [0.4, 0.5) is 5.69 Å². The maximum atomic E-state index is 12.7. The lowest BCUT2D eigenvalue weighted by molar-refractivity contribution is -0.115. The number of nitrogens with one attached hydrogen (secondary N) is 2. The van der Waals surface area contributed by atoms with Crippen molar-refractivity contribution in [2.45, 2.75) is 27.2 Å². The number of aromatic nitrogens is 3. The van der Waals surface area contributed by atoms with Crippen LogP contribution >= 0.6 is 11.8 Å². The summed E-state index contributed by atoms with van der Waals surface area (Å²) in [5.74, 6) is 1.79. The van der Waals surface area contributed by atoms with E-state index < -0.39 is 0 Å². The Morgan fingerprint density at radius 1 is 1.16 bits per heavy atom. The molecule has 0 radical (unpaired) electrons. The Labute approximate surface area is 184 Å². The van der Waals surface area contributed by atoms with Gasteiger partial charge in [-0.3, -0.25) is 19.5 Å². The monoisotopic (exact) mass is 439 g/mol. The van der Waals surface area contributed by atoms with Crippen molar-refractivity contribution in [2.24, 2.45) is 0 Å². The minimum Gasteiger partial charge on any atom is -0.337 e. The van der Waals surface area contributed by atoms with Gasteiger partial charge in [-0.05, 0) is 44.5 Å². The summed E-state index contributed by atoms with van der Waals surface area (Å²) in [7, 11) is 0. The SMILES string of the molecule is Cc1cc(C(=O)N2CCSCC2)ccc1NC(=O)Cc1c(C)nc2cc(=O)[nH]n2c1C. The molecule has 2 N–H and O–H groups in total. The maximum absolute atomic E-state index is 12.7. The molecule has 9 heteroatoms. The first kappa shape index (κ1) is 21.2. The van der Waals surface area contributed by atoms with Crippen LogP contribution in [0.1, 0.15) is 32.9 Å². The summed E-state index contributed by atoms with van der Waals surface area (Å²) in [6, 6.07) is 6.80. The van der Waals surface area contributed by atoms with Gasteiger partial charge in [0.1, 0.15) is 0 Å². The van der Waals surface area contributed by atoms with Gasteiger partial charge in [0.2, 0.25) is 5.91 Å². The summed E-state index contributed by atoms with van der Waals surface area (Å²) in [4.78, 5) is 43.4. The van der Waals surface area contributed by atoms with Crippen LogP contribution in [0, 0.1) is 20.8 Å². The second kappa shape index (κ2) is 8.58. The van der Waals surface area contributed by atoms with Gasteiger partial charge in [-0.25, -0.2) is 9.50 Å². The van der Waals surface area contributed by atoms with Gasteiger partial charge < -0.3 is 10.2 Å². The molecule has 0 unspecified atom stereocenters. The molecule has 0 spiro atoms. The molecule has 4 rings (SSSR count). The molecule has 31 heavy (non-hydrogen) atoms. The Morgan fingerprint density at radius 3 is 2.61 bits per heavy atom. The third-order valence-electron chi connectivity index (χ3n) is 5.59. The van der Waals surface area contributed by atoms with E-state index in [2.05, 4.69) is 15.4 Å². The van der Waals surface area contributed by atoms with Gasteiger partial charge in [0.15, 0.2) is 5.65 Å². The molecule has 1 aliphatic heterocycles. The van der Waals surface area contributed by atoms with Crippen molar-refractivity contribution < 1.29 is 9.59 Å². The summed E-state index contributed by atoms with van der Waals surface area (Å²) in [5, 5.41) is 5.64. The number of carbonyl (C=O) groups is 2. The fraction of sp³-hybridized carbons (Fsp3) is 0.364. The van der Waals surface area contributed by atoms with E-state index in [-0.39, 0.29) is 23.8 Å². The number of aryl methyl sites for hydroxylation is 3. The van der Waals surface area contributed by atoms with E-state index in [1.807, 2.05) is 43.5 Å². The Kier molecular flexibility index (Phi) is 5.86. The fourth-order valence-corrected chi connectivity index (χ4v) is 4.76. The van der Waals surface area contributed by atoms with Crippen LogP contribution in [0.25, 0.3) is 5.65 Å². The van der Waals surface area contributed by atoms with E-state index in [1.54, 1.807) is 16.6 Å². The van der Waals surface area contributed by atoms with Gasteiger partial charge in [-0.15, -0.1) is 0 Å². The topological polar surface area (TPSA) is 99.6 Å². The van der Waals surface area contributed by atoms with Crippen LogP contribution in [0.2, 0.25) is 0 Å². The van der Waals surface area contributed by atoms with Crippen LogP contribution in [-0.4, -0.2) is 55.9 Å². The standard InChI is InChI=1S/C22H25N5O3S/c1-13-10-16(22(30)26-6-8-31-9-7-26)4-5-18(13)24-20(28)11-17-14(2)23-19-12-21(29)25-27(19)15(17)3/h4-5,10,12H,6-9,11H2,1-3H3,(H,24,28)(H,25,29).